The molecule has 214 valence electrons. The second-order valence-corrected chi connectivity index (χ2v) is 12.2. The highest BCUT2D eigenvalue weighted by molar-refractivity contribution is 6.06. The second-order valence-electron chi connectivity index (χ2n) is 12.2. The van der Waals surface area contributed by atoms with Gasteiger partial charge in [-0.05, 0) is 88.4 Å². The number of aliphatic hydroxyl groups is 1. The number of pyridine rings is 2. The number of halogens is 1. The van der Waals surface area contributed by atoms with Crippen molar-refractivity contribution in [3.8, 4) is 11.3 Å². The molecule has 8 nitrogen and oxygen atoms in total. The van der Waals surface area contributed by atoms with E-state index < -0.39 is 5.60 Å². The fraction of sp³-hybridized carbons (Fsp3) is 0.406. The molecular formula is C32H37FN6O2. The zero-order valence-corrected chi connectivity index (χ0v) is 24.0. The number of hydrogen-bond acceptors (Lipinski definition) is 6. The van der Waals surface area contributed by atoms with E-state index in [1.165, 1.54) is 17.7 Å². The standard InChI is InChI=1S/C32H37FN6O2/c1-32(2,41)20-7-5-6-19(14-20)22-9-11-28(37-26(22)18-38(3)4)36-25-10-8-23(24-16-35-31(40)30(24)25)27-17-34-29-15-21(33)12-13-39(27)29/h8-13,15,17,19-20,41H,5-7,14,16,18H2,1-4H3,(H,35,40)(H,36,37). The van der Waals surface area contributed by atoms with Crippen molar-refractivity contribution >= 4 is 23.1 Å². The molecule has 1 saturated carbocycles. The van der Waals surface area contributed by atoms with Crippen LogP contribution in [0.5, 0.6) is 0 Å². The van der Waals surface area contributed by atoms with Crippen molar-refractivity contribution in [2.45, 2.75) is 64.1 Å². The third kappa shape index (κ3) is 5.31. The maximum Gasteiger partial charge on any atom is 0.254 e. The van der Waals surface area contributed by atoms with Crippen LogP contribution in [0.4, 0.5) is 15.9 Å². The second kappa shape index (κ2) is 10.5. The summed E-state index contributed by atoms with van der Waals surface area (Å²) in [6.07, 6.45) is 7.54. The maximum absolute atomic E-state index is 13.7. The molecule has 0 radical (unpaired) electrons. The molecule has 4 heterocycles. The number of carbonyl (C=O) groups excluding carboxylic acids is 1. The van der Waals surface area contributed by atoms with Crippen molar-refractivity contribution in [2.24, 2.45) is 5.92 Å². The molecule has 2 unspecified atom stereocenters. The van der Waals surface area contributed by atoms with Crippen LogP contribution in [0.25, 0.3) is 16.9 Å². The molecule has 0 spiro atoms. The van der Waals surface area contributed by atoms with Crippen LogP contribution in [0.15, 0.2) is 48.8 Å². The number of aromatic nitrogens is 3. The molecule has 4 aromatic rings. The first-order valence-electron chi connectivity index (χ1n) is 14.3. The number of hydrogen-bond donors (Lipinski definition) is 3. The molecule has 1 amide bonds. The summed E-state index contributed by atoms with van der Waals surface area (Å²) in [6, 6.07) is 10.8. The zero-order chi connectivity index (χ0) is 28.9. The average molecular weight is 557 g/mol. The largest absolute Gasteiger partial charge is 0.390 e. The normalized spacial score (nSPS) is 19.0. The number of fused-ring (bicyclic) bond motifs is 2. The van der Waals surface area contributed by atoms with E-state index in [-0.39, 0.29) is 17.6 Å². The highest BCUT2D eigenvalue weighted by atomic mass is 19.1. The minimum absolute atomic E-state index is 0.144. The van der Waals surface area contributed by atoms with Crippen LogP contribution in [0.2, 0.25) is 0 Å². The highest BCUT2D eigenvalue weighted by Gasteiger charge is 2.34. The van der Waals surface area contributed by atoms with Gasteiger partial charge in [-0.3, -0.25) is 9.20 Å². The lowest BCUT2D eigenvalue weighted by molar-refractivity contribution is -0.00306. The van der Waals surface area contributed by atoms with Crippen LogP contribution in [0.1, 0.15) is 72.6 Å². The van der Waals surface area contributed by atoms with Gasteiger partial charge in [-0.25, -0.2) is 14.4 Å². The van der Waals surface area contributed by atoms with E-state index in [2.05, 4.69) is 26.6 Å². The van der Waals surface area contributed by atoms with Crippen LogP contribution in [-0.2, 0) is 13.1 Å². The number of nitrogens with zero attached hydrogens (tertiary/aromatic N) is 4. The fourth-order valence-electron chi connectivity index (χ4n) is 6.48. The van der Waals surface area contributed by atoms with Crippen molar-refractivity contribution in [2.75, 3.05) is 19.4 Å². The summed E-state index contributed by atoms with van der Waals surface area (Å²) < 4.78 is 15.6. The molecule has 3 N–H and O–H groups in total. The Balaban J connectivity index is 1.34. The highest BCUT2D eigenvalue weighted by Crippen LogP contribution is 2.42. The number of amides is 1. The number of nitrogens with one attached hydrogen (secondary N) is 2. The van der Waals surface area contributed by atoms with Gasteiger partial charge in [0.25, 0.3) is 5.91 Å². The SMILES string of the molecule is CN(C)Cc1nc(Nc2ccc(-c3cnc4cc(F)ccn34)c3c2C(=O)NC3)ccc1C1CCCC(C(C)(C)O)C1. The minimum Gasteiger partial charge on any atom is -0.390 e. The maximum atomic E-state index is 13.7. The van der Waals surface area contributed by atoms with Crippen LogP contribution in [0, 0.1) is 11.7 Å². The first kappa shape index (κ1) is 27.4. The Hall–Kier alpha value is -3.82. The summed E-state index contributed by atoms with van der Waals surface area (Å²) in [5.41, 5.74) is 5.88. The van der Waals surface area contributed by atoms with E-state index in [9.17, 15) is 14.3 Å². The van der Waals surface area contributed by atoms with Gasteiger partial charge in [0.15, 0.2) is 0 Å². The summed E-state index contributed by atoms with van der Waals surface area (Å²) in [6.45, 7) is 4.93. The van der Waals surface area contributed by atoms with Crippen molar-refractivity contribution < 1.29 is 14.3 Å². The van der Waals surface area contributed by atoms with Gasteiger partial charge in [-0.15, -0.1) is 0 Å². The van der Waals surface area contributed by atoms with E-state index in [1.54, 1.807) is 12.4 Å². The molecule has 6 rings (SSSR count). The molecule has 2 atom stereocenters. The van der Waals surface area contributed by atoms with E-state index in [1.807, 2.05) is 50.5 Å². The predicted octanol–water partition coefficient (Wildman–Crippen LogP) is 5.63. The predicted molar refractivity (Wildman–Crippen MR) is 158 cm³/mol. The van der Waals surface area contributed by atoms with Crippen molar-refractivity contribution in [3.63, 3.8) is 0 Å². The molecule has 1 fully saturated rings. The Labute approximate surface area is 239 Å². The van der Waals surface area contributed by atoms with Crippen LogP contribution < -0.4 is 10.6 Å². The number of rotatable bonds is 7. The van der Waals surface area contributed by atoms with Gasteiger partial charge in [0.05, 0.1) is 34.4 Å². The summed E-state index contributed by atoms with van der Waals surface area (Å²) >= 11 is 0. The first-order chi connectivity index (χ1) is 19.6. The molecule has 1 aliphatic heterocycles. The smallest absolute Gasteiger partial charge is 0.254 e. The lowest BCUT2D eigenvalue weighted by Gasteiger charge is -2.37. The molecule has 1 aromatic carbocycles. The summed E-state index contributed by atoms with van der Waals surface area (Å²) in [5, 5.41) is 17.1. The van der Waals surface area contributed by atoms with Gasteiger partial charge >= 0.3 is 0 Å². The quantitative estimate of drug-likeness (QED) is 0.273. The van der Waals surface area contributed by atoms with Crippen LogP contribution >= 0.6 is 0 Å². The van der Waals surface area contributed by atoms with Gasteiger partial charge in [-0.2, -0.15) is 0 Å². The van der Waals surface area contributed by atoms with E-state index in [0.29, 0.717) is 41.7 Å². The molecule has 2 aliphatic rings. The van der Waals surface area contributed by atoms with Crippen LogP contribution in [-0.4, -0.2) is 50.0 Å². The summed E-state index contributed by atoms with van der Waals surface area (Å²) in [7, 11) is 4.08. The number of anilines is 2. The van der Waals surface area contributed by atoms with Crippen molar-refractivity contribution in [1.29, 1.82) is 0 Å². The topological polar surface area (TPSA) is 94.8 Å². The van der Waals surface area contributed by atoms with Crippen molar-refractivity contribution in [1.82, 2.24) is 24.6 Å². The Bertz CT molecular complexity index is 1620. The molecular weight excluding hydrogens is 519 g/mol. The molecule has 3 aromatic heterocycles. The molecule has 9 heteroatoms. The van der Waals surface area contributed by atoms with Crippen molar-refractivity contribution in [3.05, 3.63) is 77.0 Å². The van der Waals surface area contributed by atoms with Gasteiger partial charge in [0.2, 0.25) is 0 Å². The van der Waals surface area contributed by atoms with E-state index in [4.69, 9.17) is 4.98 Å². The Morgan fingerprint density at radius 2 is 2.02 bits per heavy atom. The Kier molecular flexibility index (Phi) is 7.03. The molecule has 41 heavy (non-hydrogen) atoms. The third-order valence-corrected chi connectivity index (χ3v) is 8.57. The van der Waals surface area contributed by atoms with E-state index in [0.717, 1.165) is 48.2 Å². The fourth-order valence-corrected chi connectivity index (χ4v) is 6.48. The Morgan fingerprint density at radius 3 is 2.80 bits per heavy atom. The zero-order valence-electron chi connectivity index (χ0n) is 24.0. The Morgan fingerprint density at radius 1 is 1.20 bits per heavy atom. The molecule has 0 bridgehead atoms. The van der Waals surface area contributed by atoms with Gasteiger partial charge in [0, 0.05) is 30.9 Å². The minimum atomic E-state index is -0.693. The number of imidazole rings is 1. The first-order valence-corrected chi connectivity index (χ1v) is 14.3. The lowest BCUT2D eigenvalue weighted by atomic mass is 9.72. The molecule has 1 aliphatic carbocycles. The average Bonchev–Trinajstić information content (AvgIpc) is 3.52. The third-order valence-electron chi connectivity index (χ3n) is 8.57. The number of benzene rings is 1. The van der Waals surface area contributed by atoms with Gasteiger partial charge in [-0.1, -0.05) is 18.6 Å². The van der Waals surface area contributed by atoms with E-state index >= 15 is 0 Å². The lowest BCUT2D eigenvalue weighted by Crippen LogP contribution is -2.34. The van der Waals surface area contributed by atoms with Gasteiger partial charge < -0.3 is 20.6 Å². The molecule has 0 saturated heterocycles. The summed E-state index contributed by atoms with van der Waals surface area (Å²) in [4.78, 5) is 24.5. The number of carbonyl (C=O) groups is 1. The monoisotopic (exact) mass is 556 g/mol. The van der Waals surface area contributed by atoms with Gasteiger partial charge in [0.1, 0.15) is 17.3 Å². The van der Waals surface area contributed by atoms with Crippen LogP contribution in [0.3, 0.4) is 0 Å². The summed E-state index contributed by atoms with van der Waals surface area (Å²) in [5.74, 6) is 0.807.